The lowest BCUT2D eigenvalue weighted by molar-refractivity contribution is -0.139. The van der Waals surface area contributed by atoms with Crippen molar-refractivity contribution in [2.75, 3.05) is 6.61 Å². The van der Waals surface area contributed by atoms with Gasteiger partial charge in [-0.25, -0.2) is 4.79 Å². The molecule has 0 aromatic heterocycles. The second-order valence-corrected chi connectivity index (χ2v) is 7.37. The highest BCUT2D eigenvalue weighted by Crippen LogP contribution is 2.42. The normalized spacial score (nSPS) is 20.3. The van der Waals surface area contributed by atoms with E-state index in [1.807, 2.05) is 38.1 Å². The van der Waals surface area contributed by atoms with E-state index in [1.165, 1.54) is 0 Å². The molecule has 132 valence electrons. The molecule has 2 aliphatic rings. The Morgan fingerprint density at radius 1 is 1.36 bits per heavy atom. The summed E-state index contributed by atoms with van der Waals surface area (Å²) in [7, 11) is 0. The van der Waals surface area contributed by atoms with E-state index in [0.717, 1.165) is 46.3 Å². The minimum absolute atomic E-state index is 0.118. The fourth-order valence-electron chi connectivity index (χ4n) is 3.55. The monoisotopic (exact) mass is 403 g/mol. The van der Waals surface area contributed by atoms with Gasteiger partial charge in [0.05, 0.1) is 12.2 Å². The second-order valence-electron chi connectivity index (χ2n) is 6.46. The maximum absolute atomic E-state index is 12.8. The molecule has 1 aromatic rings. The Hall–Kier alpha value is -1.88. The number of rotatable bonds is 4. The van der Waals surface area contributed by atoms with E-state index in [0.29, 0.717) is 18.6 Å². The van der Waals surface area contributed by atoms with Gasteiger partial charge in [0.1, 0.15) is 0 Å². The van der Waals surface area contributed by atoms with Gasteiger partial charge in [-0.15, -0.1) is 0 Å². The number of nitrogens with one attached hydrogen (secondary N) is 1. The van der Waals surface area contributed by atoms with Gasteiger partial charge in [0.15, 0.2) is 5.78 Å². The minimum atomic E-state index is -0.370. The molecule has 1 aliphatic heterocycles. The second kappa shape index (κ2) is 7.56. The average molecular weight is 404 g/mol. The van der Waals surface area contributed by atoms with E-state index < -0.39 is 0 Å². The van der Waals surface area contributed by atoms with Gasteiger partial charge >= 0.3 is 5.97 Å². The molecular weight excluding hydrogens is 382 g/mol. The maximum Gasteiger partial charge on any atom is 0.336 e. The lowest BCUT2D eigenvalue weighted by atomic mass is 9.75. The number of ether oxygens (including phenoxy) is 1. The molecule has 1 atom stereocenters. The molecule has 0 saturated heterocycles. The van der Waals surface area contributed by atoms with Crippen molar-refractivity contribution in [3.05, 3.63) is 56.8 Å². The maximum atomic E-state index is 12.8. The van der Waals surface area contributed by atoms with Crippen molar-refractivity contribution < 1.29 is 14.3 Å². The van der Waals surface area contributed by atoms with Gasteiger partial charge in [0, 0.05) is 33.8 Å². The molecule has 3 rings (SSSR count). The van der Waals surface area contributed by atoms with E-state index in [2.05, 4.69) is 21.2 Å². The smallest absolute Gasteiger partial charge is 0.336 e. The van der Waals surface area contributed by atoms with Gasteiger partial charge in [-0.2, -0.15) is 0 Å². The van der Waals surface area contributed by atoms with Gasteiger partial charge in [0.25, 0.3) is 0 Å². The number of Topliss-reactive ketones (excluding diaryl/α,β-unsaturated/α-hetero) is 1. The van der Waals surface area contributed by atoms with Crippen molar-refractivity contribution in [3.8, 4) is 0 Å². The zero-order valence-corrected chi connectivity index (χ0v) is 16.1. The highest BCUT2D eigenvalue weighted by Gasteiger charge is 2.39. The Kier molecular flexibility index (Phi) is 5.42. The first-order valence-electron chi connectivity index (χ1n) is 8.69. The van der Waals surface area contributed by atoms with Crippen LogP contribution in [0.3, 0.4) is 0 Å². The number of dihydropyridines is 1. The van der Waals surface area contributed by atoms with Crippen LogP contribution in [0, 0.1) is 0 Å². The van der Waals surface area contributed by atoms with E-state index >= 15 is 0 Å². The van der Waals surface area contributed by atoms with E-state index in [4.69, 9.17) is 4.74 Å². The zero-order valence-electron chi connectivity index (χ0n) is 14.5. The number of ketones is 1. The van der Waals surface area contributed by atoms with Crippen molar-refractivity contribution in [3.63, 3.8) is 0 Å². The summed E-state index contributed by atoms with van der Waals surface area (Å²) >= 11 is 3.50. The molecule has 1 heterocycles. The molecule has 1 N–H and O–H groups in total. The van der Waals surface area contributed by atoms with Gasteiger partial charge in [-0.3, -0.25) is 4.79 Å². The number of allylic oxidation sites excluding steroid dienone is 3. The van der Waals surface area contributed by atoms with Crippen molar-refractivity contribution in [1.82, 2.24) is 5.32 Å². The number of carbonyl (C=O) groups excluding carboxylic acids is 2. The van der Waals surface area contributed by atoms with Gasteiger partial charge in [0.2, 0.25) is 0 Å². The van der Waals surface area contributed by atoms with Gasteiger partial charge in [-0.05, 0) is 43.9 Å². The van der Waals surface area contributed by atoms with Crippen LogP contribution in [0.2, 0.25) is 0 Å². The number of hydrogen-bond donors (Lipinski definition) is 1. The predicted molar refractivity (Wildman–Crippen MR) is 99.9 cm³/mol. The number of carbonyl (C=O) groups is 2. The Morgan fingerprint density at radius 3 is 2.88 bits per heavy atom. The Bertz CT molecular complexity index is 779. The number of halogens is 1. The molecule has 0 radical (unpaired) electrons. The molecule has 5 heteroatoms. The number of benzene rings is 1. The summed E-state index contributed by atoms with van der Waals surface area (Å²) in [4.78, 5) is 25.5. The summed E-state index contributed by atoms with van der Waals surface area (Å²) in [5.74, 6) is -0.598. The first kappa shape index (κ1) is 17.9. The summed E-state index contributed by atoms with van der Waals surface area (Å²) < 4.78 is 6.34. The summed E-state index contributed by atoms with van der Waals surface area (Å²) in [5, 5.41) is 3.30. The predicted octanol–water partition coefficient (Wildman–Crippen LogP) is 4.37. The molecule has 4 nitrogen and oxygen atoms in total. The van der Waals surface area contributed by atoms with Crippen molar-refractivity contribution >= 4 is 27.7 Å². The van der Waals surface area contributed by atoms with Crippen molar-refractivity contribution in [2.24, 2.45) is 0 Å². The van der Waals surface area contributed by atoms with Crippen LogP contribution in [0.4, 0.5) is 0 Å². The highest BCUT2D eigenvalue weighted by molar-refractivity contribution is 9.10. The van der Waals surface area contributed by atoms with Crippen LogP contribution >= 0.6 is 15.9 Å². The Balaban J connectivity index is 2.12. The molecule has 1 aromatic carbocycles. The van der Waals surface area contributed by atoms with E-state index in [1.54, 1.807) is 0 Å². The topological polar surface area (TPSA) is 55.4 Å². The van der Waals surface area contributed by atoms with Crippen LogP contribution in [0.5, 0.6) is 0 Å². The minimum Gasteiger partial charge on any atom is -0.462 e. The summed E-state index contributed by atoms with van der Waals surface area (Å²) in [6.07, 6.45) is 2.97. The first-order chi connectivity index (χ1) is 12.0. The third kappa shape index (κ3) is 3.56. The SMILES string of the molecule is CCCOC(=O)C1=C(C)NC2=C(C(=O)CCC2)[C@@H]1c1cccc(Br)c1. The lowest BCUT2D eigenvalue weighted by Gasteiger charge is -2.34. The molecule has 0 unspecified atom stereocenters. The zero-order chi connectivity index (χ0) is 18.0. The van der Waals surface area contributed by atoms with Crippen molar-refractivity contribution in [2.45, 2.75) is 45.4 Å². The fourth-order valence-corrected chi connectivity index (χ4v) is 3.96. The fraction of sp³-hybridized carbons (Fsp3) is 0.400. The van der Waals surface area contributed by atoms with E-state index in [9.17, 15) is 9.59 Å². The molecule has 0 bridgehead atoms. The molecule has 0 amide bonds. The quantitative estimate of drug-likeness (QED) is 0.758. The Labute approximate surface area is 156 Å². The van der Waals surface area contributed by atoms with Crippen LogP contribution in [-0.4, -0.2) is 18.4 Å². The van der Waals surface area contributed by atoms with Gasteiger partial charge < -0.3 is 10.1 Å². The third-order valence-corrected chi connectivity index (χ3v) is 5.11. The van der Waals surface area contributed by atoms with Crippen LogP contribution in [0.1, 0.15) is 51.0 Å². The summed E-state index contributed by atoms with van der Waals surface area (Å²) in [5.41, 5.74) is 3.92. The van der Waals surface area contributed by atoms with Crippen LogP contribution < -0.4 is 5.32 Å². The molecule has 0 spiro atoms. The number of hydrogen-bond acceptors (Lipinski definition) is 4. The molecular formula is C20H22BrNO3. The summed E-state index contributed by atoms with van der Waals surface area (Å²) in [6, 6.07) is 7.81. The first-order valence-corrected chi connectivity index (χ1v) is 9.48. The number of esters is 1. The van der Waals surface area contributed by atoms with E-state index in [-0.39, 0.29) is 17.7 Å². The highest BCUT2D eigenvalue weighted by atomic mass is 79.9. The average Bonchev–Trinajstić information content (AvgIpc) is 2.58. The summed E-state index contributed by atoms with van der Waals surface area (Å²) in [6.45, 7) is 4.22. The third-order valence-electron chi connectivity index (χ3n) is 4.62. The standard InChI is InChI=1S/C20H22BrNO3/c1-3-10-25-20(24)17-12(2)22-15-8-5-9-16(23)19(15)18(17)13-6-4-7-14(21)11-13/h4,6-7,11,18,22H,3,5,8-10H2,1-2H3/t18-/m1/s1. The molecule has 0 fully saturated rings. The van der Waals surface area contributed by atoms with Gasteiger partial charge in [-0.1, -0.05) is 35.0 Å². The molecule has 1 aliphatic carbocycles. The van der Waals surface area contributed by atoms with Crippen LogP contribution in [0.15, 0.2) is 51.3 Å². The van der Waals surface area contributed by atoms with Crippen LogP contribution in [-0.2, 0) is 14.3 Å². The van der Waals surface area contributed by atoms with Crippen LogP contribution in [0.25, 0.3) is 0 Å². The molecule has 25 heavy (non-hydrogen) atoms. The Morgan fingerprint density at radius 2 is 2.16 bits per heavy atom. The largest absolute Gasteiger partial charge is 0.462 e. The lowest BCUT2D eigenvalue weighted by Crippen LogP contribution is -2.34. The van der Waals surface area contributed by atoms with Crippen molar-refractivity contribution in [1.29, 1.82) is 0 Å². The molecule has 0 saturated carbocycles.